The van der Waals surface area contributed by atoms with Gasteiger partial charge in [0.25, 0.3) is 11.1 Å². The van der Waals surface area contributed by atoms with Crippen LogP contribution in [0.15, 0.2) is 38.8 Å². The summed E-state index contributed by atoms with van der Waals surface area (Å²) < 4.78 is 4.78. The molecule has 0 fully saturated rings. The number of hydrogen-bond donors (Lipinski definition) is 1. The average molecular weight is 396 g/mol. The van der Waals surface area contributed by atoms with Gasteiger partial charge >= 0.3 is 5.69 Å². The van der Waals surface area contributed by atoms with Crippen LogP contribution in [0.25, 0.3) is 16.9 Å². The minimum absolute atomic E-state index is 0.00160. The summed E-state index contributed by atoms with van der Waals surface area (Å²) in [5.41, 5.74) is -0.775. The summed E-state index contributed by atoms with van der Waals surface area (Å²) in [6.07, 6.45) is 2.58. The molecule has 0 spiro atoms. The van der Waals surface area contributed by atoms with E-state index in [0.717, 1.165) is 4.57 Å². The van der Waals surface area contributed by atoms with E-state index in [-0.39, 0.29) is 34.9 Å². The second kappa shape index (κ2) is 6.73. The van der Waals surface area contributed by atoms with Crippen molar-refractivity contribution >= 4 is 16.9 Å². The summed E-state index contributed by atoms with van der Waals surface area (Å²) >= 11 is 0. The number of rotatable bonds is 4. The lowest BCUT2D eigenvalue weighted by Crippen LogP contribution is -2.38. The van der Waals surface area contributed by atoms with E-state index in [9.17, 15) is 19.5 Å². The van der Waals surface area contributed by atoms with Crippen LogP contribution in [-0.2, 0) is 27.1 Å². The molecule has 4 aromatic heterocycles. The number of aryl methyl sites for hydroxylation is 1. The first-order valence-corrected chi connectivity index (χ1v) is 9.19. The van der Waals surface area contributed by atoms with Crippen LogP contribution in [0.5, 0.6) is 5.88 Å². The number of hydrogen-bond acceptors (Lipinski definition) is 6. The Morgan fingerprint density at radius 2 is 1.83 bits per heavy atom. The van der Waals surface area contributed by atoms with Crippen LogP contribution in [0.3, 0.4) is 0 Å². The molecule has 0 aliphatic rings. The molecule has 10 nitrogen and oxygen atoms in total. The average Bonchev–Trinajstić information content (AvgIpc) is 3.13. The molecule has 0 atom stereocenters. The van der Waals surface area contributed by atoms with Gasteiger partial charge in [-0.05, 0) is 18.6 Å². The summed E-state index contributed by atoms with van der Waals surface area (Å²) in [5.74, 6) is -0.140. The van der Waals surface area contributed by atoms with Crippen molar-refractivity contribution in [1.29, 1.82) is 0 Å². The Morgan fingerprint density at radius 1 is 1.07 bits per heavy atom. The topological polar surface area (TPSA) is 116 Å². The monoisotopic (exact) mass is 396 g/mol. The van der Waals surface area contributed by atoms with Crippen LogP contribution in [0.1, 0.15) is 24.6 Å². The summed E-state index contributed by atoms with van der Waals surface area (Å²) in [4.78, 5) is 47.0. The molecule has 0 saturated heterocycles. The second-order valence-electron chi connectivity index (χ2n) is 6.89. The molecule has 0 amide bonds. The first-order chi connectivity index (χ1) is 13.9. The lowest BCUT2D eigenvalue weighted by molar-refractivity contribution is 0.410. The Labute approximate surface area is 163 Å². The van der Waals surface area contributed by atoms with E-state index in [0.29, 0.717) is 18.5 Å². The molecule has 0 bridgehead atoms. The number of fused-ring (bicyclic) bond motifs is 3. The first-order valence-electron chi connectivity index (χ1n) is 9.19. The Balaban J connectivity index is 2.21. The maximum Gasteiger partial charge on any atom is 0.332 e. The molecule has 10 heteroatoms. The highest BCUT2D eigenvalue weighted by Crippen LogP contribution is 2.21. The van der Waals surface area contributed by atoms with E-state index < -0.39 is 16.8 Å². The fourth-order valence-electron chi connectivity index (χ4n) is 3.51. The zero-order chi connectivity index (χ0) is 20.9. The number of aromatic hydroxyl groups is 1. The number of aromatic nitrogens is 6. The fraction of sp³-hybridized carbons (Fsp3) is 0.316. The van der Waals surface area contributed by atoms with Crippen molar-refractivity contribution in [3.8, 4) is 5.88 Å². The summed E-state index contributed by atoms with van der Waals surface area (Å²) in [6, 6.07) is 5.37. The van der Waals surface area contributed by atoms with E-state index in [1.807, 2.05) is 13.0 Å². The third-order valence-electron chi connectivity index (χ3n) is 5.01. The Morgan fingerprint density at radius 3 is 2.48 bits per heavy atom. The van der Waals surface area contributed by atoms with Crippen molar-refractivity contribution in [2.24, 2.45) is 14.1 Å². The molecular formula is C19H20N6O4. The minimum Gasteiger partial charge on any atom is -0.494 e. The first kappa shape index (κ1) is 18.7. The maximum atomic E-state index is 13.2. The highest BCUT2D eigenvalue weighted by molar-refractivity contribution is 5.75. The highest BCUT2D eigenvalue weighted by Gasteiger charge is 2.23. The van der Waals surface area contributed by atoms with Crippen LogP contribution < -0.4 is 16.8 Å². The zero-order valence-corrected chi connectivity index (χ0v) is 16.3. The van der Waals surface area contributed by atoms with Crippen molar-refractivity contribution < 1.29 is 5.11 Å². The van der Waals surface area contributed by atoms with Gasteiger partial charge in [0.1, 0.15) is 0 Å². The Kier molecular flexibility index (Phi) is 4.33. The Hall–Kier alpha value is -3.69. The zero-order valence-electron chi connectivity index (χ0n) is 16.3. The largest absolute Gasteiger partial charge is 0.494 e. The van der Waals surface area contributed by atoms with Gasteiger partial charge in [0, 0.05) is 20.3 Å². The molecule has 0 aromatic carbocycles. The molecule has 29 heavy (non-hydrogen) atoms. The highest BCUT2D eigenvalue weighted by atomic mass is 16.3. The van der Waals surface area contributed by atoms with Crippen molar-refractivity contribution in [1.82, 2.24) is 28.1 Å². The third-order valence-corrected chi connectivity index (χ3v) is 5.01. The molecule has 4 rings (SSSR count). The van der Waals surface area contributed by atoms with Gasteiger partial charge in [-0.2, -0.15) is 4.98 Å². The van der Waals surface area contributed by atoms with Crippen LogP contribution >= 0.6 is 0 Å². The van der Waals surface area contributed by atoms with Gasteiger partial charge < -0.3 is 5.11 Å². The quantitative estimate of drug-likeness (QED) is 0.525. The molecular weight excluding hydrogens is 376 g/mol. The lowest BCUT2D eigenvalue weighted by atomic mass is 10.2. The molecule has 0 aliphatic heterocycles. The van der Waals surface area contributed by atoms with Gasteiger partial charge in [-0.15, -0.1) is 0 Å². The van der Waals surface area contributed by atoms with E-state index in [1.165, 1.54) is 27.6 Å². The van der Waals surface area contributed by atoms with Crippen LogP contribution in [0.4, 0.5) is 0 Å². The lowest BCUT2D eigenvalue weighted by Gasteiger charge is -2.14. The van der Waals surface area contributed by atoms with Crippen LogP contribution in [-0.4, -0.2) is 33.2 Å². The molecule has 4 heterocycles. The van der Waals surface area contributed by atoms with Gasteiger partial charge in [-0.3, -0.25) is 28.3 Å². The molecule has 4 aromatic rings. The molecule has 0 unspecified atom stereocenters. The molecule has 150 valence electrons. The van der Waals surface area contributed by atoms with E-state index in [4.69, 9.17) is 0 Å². The fourth-order valence-corrected chi connectivity index (χ4v) is 3.51. The van der Waals surface area contributed by atoms with E-state index in [2.05, 4.69) is 9.97 Å². The molecule has 0 radical (unpaired) electrons. The van der Waals surface area contributed by atoms with Gasteiger partial charge in [0.2, 0.25) is 11.7 Å². The maximum absolute atomic E-state index is 13.2. The molecule has 0 saturated carbocycles. The van der Waals surface area contributed by atoms with Crippen molar-refractivity contribution in [2.45, 2.75) is 26.3 Å². The van der Waals surface area contributed by atoms with Crippen LogP contribution in [0, 0.1) is 0 Å². The van der Waals surface area contributed by atoms with Gasteiger partial charge in [0.05, 0.1) is 17.8 Å². The minimum atomic E-state index is -0.620. The predicted molar refractivity (Wildman–Crippen MR) is 106 cm³/mol. The van der Waals surface area contributed by atoms with Gasteiger partial charge in [0.15, 0.2) is 11.2 Å². The van der Waals surface area contributed by atoms with Gasteiger partial charge in [-0.25, -0.2) is 9.20 Å². The Bertz CT molecular complexity index is 1430. The third kappa shape index (κ3) is 2.67. The summed E-state index contributed by atoms with van der Waals surface area (Å²) in [6.45, 7) is 2.03. The summed E-state index contributed by atoms with van der Waals surface area (Å²) in [7, 11) is 2.83. The smallest absolute Gasteiger partial charge is 0.332 e. The summed E-state index contributed by atoms with van der Waals surface area (Å²) in [5, 5.41) is 10.9. The van der Waals surface area contributed by atoms with Crippen molar-refractivity contribution in [2.75, 3.05) is 0 Å². The predicted octanol–water partition coefficient (Wildman–Crippen LogP) is 0.148. The number of nitrogens with zero attached hydrogens (tertiary/aromatic N) is 6. The van der Waals surface area contributed by atoms with E-state index >= 15 is 0 Å². The van der Waals surface area contributed by atoms with Gasteiger partial charge in [-0.1, -0.05) is 19.4 Å². The normalized spacial score (nSPS) is 11.6. The van der Waals surface area contributed by atoms with Crippen molar-refractivity contribution in [3.05, 3.63) is 66.8 Å². The number of pyridine rings is 1. The number of imidazole rings is 1. The van der Waals surface area contributed by atoms with Crippen LogP contribution in [0.2, 0.25) is 0 Å². The molecule has 1 N–H and O–H groups in total. The standard InChI is InChI=1S/C19H20N6O4/c1-4-7-12-15(26)24(10-11-8-5-6-9-20-11)18-21-14-13(25(18)16(12)27)17(28)23(3)19(29)22(14)2/h5-6,8-9,26H,4,7,10H2,1-3H3. The SMILES string of the molecule is CCCc1c(O)n(Cc2ccccn2)c2nc3c(c(=O)n(C)c(=O)n3C)n2c1=O. The second-order valence-corrected chi connectivity index (χ2v) is 6.89. The van der Waals surface area contributed by atoms with E-state index in [1.54, 1.807) is 18.3 Å². The molecule has 0 aliphatic carbocycles. The van der Waals surface area contributed by atoms with Crippen molar-refractivity contribution in [3.63, 3.8) is 0 Å².